The third-order valence-electron chi connectivity index (χ3n) is 2.88. The highest BCUT2D eigenvalue weighted by Gasteiger charge is 2.10. The Kier molecular flexibility index (Phi) is 9.03. The molecule has 114 valence electrons. The van der Waals surface area contributed by atoms with Crippen molar-refractivity contribution < 1.29 is 9.84 Å². The van der Waals surface area contributed by atoms with E-state index < -0.39 is 0 Å². The predicted molar refractivity (Wildman–Crippen MR) is 84.9 cm³/mol. The summed E-state index contributed by atoms with van der Waals surface area (Å²) in [5.41, 5.74) is 0.984. The maximum Gasteiger partial charge on any atom is 0.142 e. The quantitative estimate of drug-likeness (QED) is 0.640. The molecule has 0 aliphatic carbocycles. The number of halogens is 2. The lowest BCUT2D eigenvalue weighted by Gasteiger charge is -2.14. The highest BCUT2D eigenvalue weighted by Crippen LogP contribution is 2.32. The topological polar surface area (TPSA) is 41.5 Å². The maximum atomic E-state index is 8.74. The first-order valence-electron chi connectivity index (χ1n) is 7.11. The van der Waals surface area contributed by atoms with E-state index in [9.17, 15) is 0 Å². The van der Waals surface area contributed by atoms with Gasteiger partial charge in [0.25, 0.3) is 0 Å². The van der Waals surface area contributed by atoms with Crippen LogP contribution >= 0.6 is 23.2 Å². The molecule has 20 heavy (non-hydrogen) atoms. The van der Waals surface area contributed by atoms with E-state index in [0.717, 1.165) is 37.8 Å². The molecule has 0 heterocycles. The van der Waals surface area contributed by atoms with E-state index in [0.29, 0.717) is 28.9 Å². The molecule has 5 heteroatoms. The van der Waals surface area contributed by atoms with Gasteiger partial charge in [-0.15, -0.1) is 0 Å². The molecule has 0 aliphatic rings. The average molecular weight is 320 g/mol. The van der Waals surface area contributed by atoms with Gasteiger partial charge in [-0.05, 0) is 44.4 Å². The smallest absolute Gasteiger partial charge is 0.142 e. The monoisotopic (exact) mass is 319 g/mol. The van der Waals surface area contributed by atoms with Crippen LogP contribution in [0.2, 0.25) is 10.0 Å². The van der Waals surface area contributed by atoms with Gasteiger partial charge in [0.2, 0.25) is 0 Å². The molecule has 1 aromatic rings. The number of aliphatic hydroxyl groups excluding tert-OH is 1. The molecular weight excluding hydrogens is 297 g/mol. The van der Waals surface area contributed by atoms with E-state index in [2.05, 4.69) is 12.2 Å². The second-order valence-electron chi connectivity index (χ2n) is 4.69. The molecular formula is C15H23Cl2NO2. The molecule has 0 aromatic heterocycles. The van der Waals surface area contributed by atoms with Crippen molar-refractivity contribution in [1.82, 2.24) is 5.32 Å². The van der Waals surface area contributed by atoms with Crippen molar-refractivity contribution in [3.63, 3.8) is 0 Å². The molecule has 1 aromatic carbocycles. The summed E-state index contributed by atoms with van der Waals surface area (Å²) in [7, 11) is 0. The van der Waals surface area contributed by atoms with Crippen molar-refractivity contribution in [3.05, 3.63) is 27.7 Å². The van der Waals surface area contributed by atoms with Crippen molar-refractivity contribution in [1.29, 1.82) is 0 Å². The van der Waals surface area contributed by atoms with Gasteiger partial charge in [0, 0.05) is 23.7 Å². The molecule has 3 nitrogen and oxygen atoms in total. The Morgan fingerprint density at radius 2 is 2.00 bits per heavy atom. The van der Waals surface area contributed by atoms with Gasteiger partial charge in [-0.25, -0.2) is 0 Å². The maximum absolute atomic E-state index is 8.74. The van der Waals surface area contributed by atoms with Crippen molar-refractivity contribution in [2.24, 2.45) is 0 Å². The van der Waals surface area contributed by atoms with Crippen LogP contribution in [-0.2, 0) is 6.54 Å². The summed E-state index contributed by atoms with van der Waals surface area (Å²) in [5, 5.41) is 13.2. The van der Waals surface area contributed by atoms with Crippen LogP contribution in [0.4, 0.5) is 0 Å². The number of ether oxygens (including phenoxy) is 1. The standard InChI is InChI=1S/C15H23Cl2NO2/c1-2-6-18-11-12-9-13(16)10-14(17)15(12)20-8-5-3-4-7-19/h9-10,18-19H,2-8,11H2,1H3. The molecule has 0 amide bonds. The van der Waals surface area contributed by atoms with Gasteiger partial charge in [0.05, 0.1) is 11.6 Å². The van der Waals surface area contributed by atoms with Gasteiger partial charge in [0.1, 0.15) is 5.75 Å². The number of hydrogen-bond acceptors (Lipinski definition) is 3. The zero-order chi connectivity index (χ0) is 14.8. The Hall–Kier alpha value is -0.480. The van der Waals surface area contributed by atoms with Crippen LogP contribution < -0.4 is 10.1 Å². The second kappa shape index (κ2) is 10.3. The third kappa shape index (κ3) is 6.31. The van der Waals surface area contributed by atoms with Crippen molar-refractivity contribution in [3.8, 4) is 5.75 Å². The van der Waals surface area contributed by atoms with E-state index in [1.165, 1.54) is 0 Å². The third-order valence-corrected chi connectivity index (χ3v) is 3.38. The van der Waals surface area contributed by atoms with E-state index in [-0.39, 0.29) is 6.61 Å². The molecule has 1 rings (SSSR count). The molecule has 0 spiro atoms. The van der Waals surface area contributed by atoms with E-state index >= 15 is 0 Å². The largest absolute Gasteiger partial charge is 0.492 e. The average Bonchev–Trinajstić information content (AvgIpc) is 2.41. The van der Waals surface area contributed by atoms with Crippen molar-refractivity contribution >= 4 is 23.2 Å². The first-order valence-corrected chi connectivity index (χ1v) is 7.87. The summed E-state index contributed by atoms with van der Waals surface area (Å²) in [6.07, 6.45) is 3.74. The normalized spacial score (nSPS) is 10.8. The van der Waals surface area contributed by atoms with Gasteiger partial charge in [-0.3, -0.25) is 0 Å². The van der Waals surface area contributed by atoms with Crippen LogP contribution in [-0.4, -0.2) is 24.9 Å². The Balaban J connectivity index is 2.61. The summed E-state index contributed by atoms with van der Waals surface area (Å²) < 4.78 is 5.79. The van der Waals surface area contributed by atoms with Crippen molar-refractivity contribution in [2.75, 3.05) is 19.8 Å². The molecule has 0 radical (unpaired) electrons. The van der Waals surface area contributed by atoms with Gasteiger partial charge in [-0.1, -0.05) is 30.1 Å². The predicted octanol–water partition coefficient (Wildman–Crippen LogP) is 4.03. The van der Waals surface area contributed by atoms with Crippen LogP contribution in [0.5, 0.6) is 5.75 Å². The minimum absolute atomic E-state index is 0.230. The number of benzene rings is 1. The van der Waals surface area contributed by atoms with Crippen LogP contribution in [0.1, 0.15) is 38.2 Å². The lowest BCUT2D eigenvalue weighted by Crippen LogP contribution is -2.15. The highest BCUT2D eigenvalue weighted by atomic mass is 35.5. The van der Waals surface area contributed by atoms with E-state index in [4.69, 9.17) is 33.0 Å². The summed E-state index contributed by atoms with van der Waals surface area (Å²) >= 11 is 12.3. The summed E-state index contributed by atoms with van der Waals surface area (Å²) in [5.74, 6) is 0.712. The SMILES string of the molecule is CCCNCc1cc(Cl)cc(Cl)c1OCCCCCO. The fourth-order valence-corrected chi connectivity index (χ4v) is 2.46. The first-order chi connectivity index (χ1) is 9.69. The summed E-state index contributed by atoms with van der Waals surface area (Å²) in [4.78, 5) is 0. The number of nitrogens with one attached hydrogen (secondary N) is 1. The zero-order valence-corrected chi connectivity index (χ0v) is 13.4. The molecule has 0 saturated carbocycles. The van der Waals surface area contributed by atoms with Gasteiger partial charge in [0.15, 0.2) is 0 Å². The van der Waals surface area contributed by atoms with E-state index in [1.54, 1.807) is 6.07 Å². The summed E-state index contributed by atoms with van der Waals surface area (Å²) in [6, 6.07) is 3.59. The van der Waals surface area contributed by atoms with Crippen LogP contribution in [0, 0.1) is 0 Å². The first kappa shape index (κ1) is 17.6. The Labute approximate surface area is 131 Å². The second-order valence-corrected chi connectivity index (χ2v) is 5.53. The molecule has 0 atom stereocenters. The Bertz CT molecular complexity index is 400. The minimum atomic E-state index is 0.230. The minimum Gasteiger partial charge on any atom is -0.492 e. The Morgan fingerprint density at radius 3 is 2.70 bits per heavy atom. The molecule has 0 aliphatic heterocycles. The van der Waals surface area contributed by atoms with Crippen LogP contribution in [0.3, 0.4) is 0 Å². The summed E-state index contributed by atoms with van der Waals surface area (Å²) in [6.45, 7) is 4.59. The van der Waals surface area contributed by atoms with Crippen LogP contribution in [0.15, 0.2) is 12.1 Å². The van der Waals surface area contributed by atoms with E-state index in [1.807, 2.05) is 6.07 Å². The molecule has 2 N–H and O–H groups in total. The molecule has 0 bridgehead atoms. The fourth-order valence-electron chi connectivity index (χ4n) is 1.87. The van der Waals surface area contributed by atoms with Gasteiger partial charge < -0.3 is 15.2 Å². The highest BCUT2D eigenvalue weighted by molar-refractivity contribution is 6.35. The lowest BCUT2D eigenvalue weighted by molar-refractivity contribution is 0.265. The lowest BCUT2D eigenvalue weighted by atomic mass is 10.2. The number of aliphatic hydroxyl groups is 1. The Morgan fingerprint density at radius 1 is 1.20 bits per heavy atom. The van der Waals surface area contributed by atoms with Gasteiger partial charge >= 0.3 is 0 Å². The number of hydrogen-bond donors (Lipinski definition) is 2. The number of rotatable bonds is 10. The molecule has 0 saturated heterocycles. The van der Waals surface area contributed by atoms with Crippen molar-refractivity contribution in [2.45, 2.75) is 39.2 Å². The number of unbranched alkanes of at least 4 members (excludes halogenated alkanes) is 2. The zero-order valence-electron chi connectivity index (χ0n) is 11.9. The van der Waals surface area contributed by atoms with Gasteiger partial charge in [-0.2, -0.15) is 0 Å². The molecule has 0 fully saturated rings. The fraction of sp³-hybridized carbons (Fsp3) is 0.600. The molecule has 0 unspecified atom stereocenters. The van der Waals surface area contributed by atoms with Crippen LogP contribution in [0.25, 0.3) is 0 Å².